The van der Waals surface area contributed by atoms with Crippen molar-refractivity contribution in [1.82, 2.24) is 14.6 Å². The van der Waals surface area contributed by atoms with Crippen LogP contribution in [0, 0.1) is 5.92 Å². The van der Waals surface area contributed by atoms with Crippen molar-refractivity contribution in [2.45, 2.75) is 26.8 Å². The lowest BCUT2D eigenvalue weighted by Crippen LogP contribution is -2.30. The van der Waals surface area contributed by atoms with Gasteiger partial charge in [0.25, 0.3) is 0 Å². The van der Waals surface area contributed by atoms with Gasteiger partial charge in [-0.3, -0.25) is 0 Å². The molecule has 0 fully saturated rings. The zero-order valence-electron chi connectivity index (χ0n) is 15.4. The number of anilines is 2. The van der Waals surface area contributed by atoms with Crippen LogP contribution in [0.2, 0.25) is 0 Å². The molecule has 2 aromatic heterocycles. The maximum Gasteiger partial charge on any atom is 0.173 e. The minimum absolute atomic E-state index is 0.0421. The molecule has 0 bridgehead atoms. The fraction of sp³-hybridized carbons (Fsp3) is 0.368. The molecule has 1 atom stereocenters. The van der Waals surface area contributed by atoms with E-state index < -0.39 is 0 Å². The first-order valence-electron chi connectivity index (χ1n) is 8.60. The molecule has 2 heterocycles. The Morgan fingerprint density at radius 2 is 2.23 bits per heavy atom. The van der Waals surface area contributed by atoms with Gasteiger partial charge >= 0.3 is 0 Å². The second kappa shape index (κ2) is 9.54. The van der Waals surface area contributed by atoms with E-state index in [1.54, 1.807) is 10.7 Å². The van der Waals surface area contributed by atoms with Gasteiger partial charge in [0.15, 0.2) is 5.65 Å². The summed E-state index contributed by atoms with van der Waals surface area (Å²) < 4.78 is 2.55. The number of nitrogens with one attached hydrogen (secondary N) is 2. The van der Waals surface area contributed by atoms with Crippen LogP contribution in [-0.4, -0.2) is 38.9 Å². The van der Waals surface area contributed by atoms with Crippen LogP contribution in [0.1, 0.15) is 20.8 Å². The van der Waals surface area contributed by atoms with Gasteiger partial charge in [-0.2, -0.15) is 9.61 Å². The minimum atomic E-state index is -0.0715. The fourth-order valence-corrected chi connectivity index (χ4v) is 2.71. The maximum absolute atomic E-state index is 9.59. The number of halogens is 1. The van der Waals surface area contributed by atoms with Crippen LogP contribution in [-0.2, 0) is 0 Å². The first kappa shape index (κ1) is 20.2. The van der Waals surface area contributed by atoms with Crippen molar-refractivity contribution in [3.8, 4) is 0 Å². The Morgan fingerprint density at radius 3 is 2.85 bits per heavy atom. The monoisotopic (exact) mass is 419 g/mol. The lowest BCUT2D eigenvalue weighted by Gasteiger charge is -2.21. The molecular weight excluding hydrogens is 394 g/mol. The van der Waals surface area contributed by atoms with Crippen molar-refractivity contribution < 1.29 is 5.11 Å². The van der Waals surface area contributed by atoms with Crippen molar-refractivity contribution in [2.24, 2.45) is 5.92 Å². The van der Waals surface area contributed by atoms with E-state index in [1.807, 2.05) is 37.3 Å². The van der Waals surface area contributed by atoms with Gasteiger partial charge in [0.2, 0.25) is 0 Å². The number of aliphatic hydroxyl groups is 1. The summed E-state index contributed by atoms with van der Waals surface area (Å²) in [5.41, 5.74) is 1.76. The molecule has 2 aromatic rings. The van der Waals surface area contributed by atoms with Crippen molar-refractivity contribution in [3.05, 3.63) is 53.2 Å². The molecular formula is C19H26BrN5O. The van der Waals surface area contributed by atoms with E-state index in [2.05, 4.69) is 57.1 Å². The topological polar surface area (TPSA) is 74.5 Å². The van der Waals surface area contributed by atoms with Crippen molar-refractivity contribution >= 4 is 33.2 Å². The average Bonchev–Trinajstić information content (AvgIpc) is 3.00. The Labute approximate surface area is 162 Å². The van der Waals surface area contributed by atoms with Gasteiger partial charge in [-0.1, -0.05) is 44.7 Å². The van der Waals surface area contributed by atoms with E-state index in [4.69, 9.17) is 0 Å². The maximum atomic E-state index is 9.59. The third-order valence-electron chi connectivity index (χ3n) is 4.00. The normalized spacial score (nSPS) is 13.5. The lowest BCUT2D eigenvalue weighted by molar-refractivity contribution is 0.249. The number of hydrogen-bond donors (Lipinski definition) is 3. The van der Waals surface area contributed by atoms with Crippen molar-refractivity contribution in [2.75, 3.05) is 23.8 Å². The molecule has 0 unspecified atom stereocenters. The fourth-order valence-electron chi connectivity index (χ4n) is 2.36. The van der Waals surface area contributed by atoms with Crippen molar-refractivity contribution in [1.29, 1.82) is 0 Å². The quantitative estimate of drug-likeness (QED) is 0.535. The van der Waals surface area contributed by atoms with E-state index >= 15 is 0 Å². The first-order valence-corrected chi connectivity index (χ1v) is 9.39. The van der Waals surface area contributed by atoms with E-state index in [0.29, 0.717) is 18.0 Å². The van der Waals surface area contributed by atoms with Crippen LogP contribution in [0.15, 0.2) is 53.2 Å². The lowest BCUT2D eigenvalue weighted by atomic mass is 10.1. The third kappa shape index (κ3) is 4.95. The molecule has 0 saturated heterocycles. The summed E-state index contributed by atoms with van der Waals surface area (Å²) in [6, 6.07) is 1.83. The summed E-state index contributed by atoms with van der Waals surface area (Å²) in [6.45, 7) is 10.6. The van der Waals surface area contributed by atoms with Crippen LogP contribution >= 0.6 is 15.9 Å². The SMILES string of the molecule is C=C/C(=C\C=C/C)CNc1cc(N[C@H](CO)C(C)C)nc2c(Br)cnn12. The minimum Gasteiger partial charge on any atom is -0.394 e. The molecule has 3 N–H and O–H groups in total. The van der Waals surface area contributed by atoms with Gasteiger partial charge in [-0.05, 0) is 34.3 Å². The summed E-state index contributed by atoms with van der Waals surface area (Å²) in [5.74, 6) is 1.77. The molecule has 0 saturated carbocycles. The van der Waals surface area contributed by atoms with E-state index in [9.17, 15) is 5.11 Å². The van der Waals surface area contributed by atoms with Crippen LogP contribution < -0.4 is 10.6 Å². The highest BCUT2D eigenvalue weighted by atomic mass is 79.9. The van der Waals surface area contributed by atoms with Gasteiger partial charge in [0, 0.05) is 12.6 Å². The van der Waals surface area contributed by atoms with Crippen LogP contribution in [0.3, 0.4) is 0 Å². The van der Waals surface area contributed by atoms with Crippen molar-refractivity contribution in [3.63, 3.8) is 0 Å². The Kier molecular flexibility index (Phi) is 7.41. The highest BCUT2D eigenvalue weighted by molar-refractivity contribution is 9.10. The smallest absolute Gasteiger partial charge is 0.173 e. The summed E-state index contributed by atoms with van der Waals surface area (Å²) in [5, 5.41) is 20.6. The second-order valence-corrected chi connectivity index (χ2v) is 7.11. The molecule has 0 spiro atoms. The number of fused-ring (bicyclic) bond motifs is 1. The van der Waals surface area contributed by atoms with Gasteiger partial charge < -0.3 is 15.7 Å². The Balaban J connectivity index is 2.33. The van der Waals surface area contributed by atoms with Gasteiger partial charge in [-0.25, -0.2) is 4.98 Å². The molecule has 0 aliphatic heterocycles. The van der Waals surface area contributed by atoms with Crippen LogP contribution in [0.25, 0.3) is 5.65 Å². The zero-order chi connectivity index (χ0) is 19.1. The molecule has 0 amide bonds. The predicted molar refractivity (Wildman–Crippen MR) is 112 cm³/mol. The zero-order valence-corrected chi connectivity index (χ0v) is 17.0. The van der Waals surface area contributed by atoms with Gasteiger partial charge in [0.05, 0.1) is 23.3 Å². The third-order valence-corrected chi connectivity index (χ3v) is 4.56. The highest BCUT2D eigenvalue weighted by Gasteiger charge is 2.15. The number of allylic oxidation sites excluding steroid dienone is 3. The van der Waals surface area contributed by atoms with E-state index in [0.717, 1.165) is 15.9 Å². The average molecular weight is 420 g/mol. The molecule has 0 aliphatic carbocycles. The summed E-state index contributed by atoms with van der Waals surface area (Å²) in [6.07, 6.45) is 9.50. The number of aromatic nitrogens is 3. The molecule has 0 radical (unpaired) electrons. The standard InChI is InChI=1S/C19H26BrN5O/c1-5-7-8-14(6-2)10-21-18-9-17(23-16(12-26)13(3)4)24-19-15(20)11-22-25(18)19/h5-9,11,13,16,21,26H,2,10,12H2,1,3-4H3,(H,23,24)/b7-5-,14-8+/t16-/m1/s1. The number of nitrogens with zero attached hydrogens (tertiary/aromatic N) is 3. The largest absolute Gasteiger partial charge is 0.394 e. The summed E-state index contributed by atoms with van der Waals surface area (Å²) in [7, 11) is 0. The Morgan fingerprint density at radius 1 is 1.46 bits per heavy atom. The molecule has 2 rings (SSSR count). The molecule has 26 heavy (non-hydrogen) atoms. The summed E-state index contributed by atoms with van der Waals surface area (Å²) in [4.78, 5) is 4.61. The first-order chi connectivity index (χ1) is 12.5. The molecule has 140 valence electrons. The number of rotatable bonds is 9. The molecule has 0 aliphatic rings. The van der Waals surface area contributed by atoms with Gasteiger partial charge in [0.1, 0.15) is 11.6 Å². The Bertz CT molecular complexity index is 810. The molecule has 7 heteroatoms. The summed E-state index contributed by atoms with van der Waals surface area (Å²) >= 11 is 3.49. The van der Waals surface area contributed by atoms with E-state index in [-0.39, 0.29) is 18.6 Å². The second-order valence-electron chi connectivity index (χ2n) is 6.26. The number of aliphatic hydroxyl groups excluding tert-OH is 1. The highest BCUT2D eigenvalue weighted by Crippen LogP contribution is 2.23. The van der Waals surface area contributed by atoms with E-state index in [1.165, 1.54) is 0 Å². The number of hydrogen-bond acceptors (Lipinski definition) is 5. The predicted octanol–water partition coefficient (Wildman–Crippen LogP) is 4.02. The van der Waals surface area contributed by atoms with Crippen LogP contribution in [0.5, 0.6) is 0 Å². The van der Waals surface area contributed by atoms with Gasteiger partial charge in [-0.15, -0.1) is 0 Å². The molecule has 6 nitrogen and oxygen atoms in total. The molecule has 0 aromatic carbocycles. The Hall–Kier alpha value is -2.12. The van der Waals surface area contributed by atoms with Crippen LogP contribution in [0.4, 0.5) is 11.6 Å².